The van der Waals surface area contributed by atoms with Gasteiger partial charge in [0.25, 0.3) is 0 Å². The van der Waals surface area contributed by atoms with Crippen LogP contribution in [-0.4, -0.2) is 31.6 Å². The zero-order chi connectivity index (χ0) is 14.3. The quantitative estimate of drug-likeness (QED) is 0.745. The second-order valence-electron chi connectivity index (χ2n) is 4.19. The Bertz CT molecular complexity index is 420. The number of nitrogens with two attached hydrogens (primary N) is 1. The van der Waals surface area contributed by atoms with E-state index in [1.54, 1.807) is 0 Å². The predicted octanol–water partition coefficient (Wildman–Crippen LogP) is 0.797. The van der Waals surface area contributed by atoms with E-state index in [2.05, 4.69) is 10.1 Å². The molecule has 2 unspecified atom stereocenters. The summed E-state index contributed by atoms with van der Waals surface area (Å²) < 4.78 is 4.64. The summed E-state index contributed by atoms with van der Waals surface area (Å²) in [6, 6.07) is 8.63. The Morgan fingerprint density at radius 2 is 1.95 bits per heavy atom. The first-order valence-electron chi connectivity index (χ1n) is 6.27. The third-order valence-corrected chi connectivity index (χ3v) is 2.96. The fourth-order valence-corrected chi connectivity index (χ4v) is 1.82. The van der Waals surface area contributed by atoms with E-state index in [4.69, 9.17) is 5.73 Å². The molecule has 1 amide bonds. The Labute approximate surface area is 113 Å². The normalized spacial score (nSPS) is 13.4. The van der Waals surface area contributed by atoms with Gasteiger partial charge < -0.3 is 15.8 Å². The average Bonchev–Trinajstić information content (AvgIpc) is 2.45. The van der Waals surface area contributed by atoms with Gasteiger partial charge in [0, 0.05) is 6.54 Å². The van der Waals surface area contributed by atoms with Crippen molar-refractivity contribution in [2.45, 2.75) is 25.3 Å². The Hall–Kier alpha value is -1.88. The molecular formula is C14H20N2O3. The van der Waals surface area contributed by atoms with Crippen molar-refractivity contribution in [3.63, 3.8) is 0 Å². The van der Waals surface area contributed by atoms with Gasteiger partial charge in [0.1, 0.15) is 6.04 Å². The fourth-order valence-electron chi connectivity index (χ4n) is 1.82. The van der Waals surface area contributed by atoms with Crippen LogP contribution in [0.1, 0.15) is 24.8 Å². The summed E-state index contributed by atoms with van der Waals surface area (Å²) in [6.45, 7) is 2.00. The summed E-state index contributed by atoms with van der Waals surface area (Å²) in [5.74, 6) is -1.16. The molecule has 0 heterocycles. The van der Waals surface area contributed by atoms with Crippen LogP contribution in [0.2, 0.25) is 0 Å². The van der Waals surface area contributed by atoms with Crippen molar-refractivity contribution >= 4 is 11.9 Å². The van der Waals surface area contributed by atoms with Crippen LogP contribution in [0.3, 0.4) is 0 Å². The lowest BCUT2D eigenvalue weighted by molar-refractivity contribution is -0.145. The van der Waals surface area contributed by atoms with E-state index in [1.807, 2.05) is 37.3 Å². The van der Waals surface area contributed by atoms with Crippen molar-refractivity contribution in [1.29, 1.82) is 0 Å². The van der Waals surface area contributed by atoms with Gasteiger partial charge in [0.2, 0.25) is 5.91 Å². The Morgan fingerprint density at radius 3 is 2.42 bits per heavy atom. The number of benzene rings is 1. The number of hydrogen-bond donors (Lipinski definition) is 2. The minimum atomic E-state index is -0.629. The second kappa shape index (κ2) is 7.53. The number of hydrogen-bond acceptors (Lipinski definition) is 4. The molecule has 0 bridgehead atoms. The number of esters is 1. The molecule has 5 nitrogen and oxygen atoms in total. The highest BCUT2D eigenvalue weighted by atomic mass is 16.5. The third kappa shape index (κ3) is 4.06. The monoisotopic (exact) mass is 264 g/mol. The lowest BCUT2D eigenvalue weighted by Gasteiger charge is -2.19. The largest absolute Gasteiger partial charge is 0.467 e. The molecule has 19 heavy (non-hydrogen) atoms. The highest BCUT2D eigenvalue weighted by Crippen LogP contribution is 2.14. The van der Waals surface area contributed by atoms with E-state index in [0.717, 1.165) is 5.56 Å². The minimum absolute atomic E-state index is 0.188. The topological polar surface area (TPSA) is 81.4 Å². The zero-order valence-electron chi connectivity index (χ0n) is 11.3. The SMILES string of the molecule is CCC(NC(=O)C(CN)c1ccccc1)C(=O)OC. The Morgan fingerprint density at radius 1 is 1.32 bits per heavy atom. The maximum Gasteiger partial charge on any atom is 0.328 e. The lowest BCUT2D eigenvalue weighted by Crippen LogP contribution is -2.44. The van der Waals surface area contributed by atoms with Crippen LogP contribution in [0.15, 0.2) is 30.3 Å². The van der Waals surface area contributed by atoms with Crippen molar-refractivity contribution in [3.8, 4) is 0 Å². The number of rotatable bonds is 6. The van der Waals surface area contributed by atoms with E-state index in [9.17, 15) is 9.59 Å². The fraction of sp³-hybridized carbons (Fsp3) is 0.429. The van der Waals surface area contributed by atoms with Crippen molar-refractivity contribution in [2.75, 3.05) is 13.7 Å². The molecule has 0 aliphatic carbocycles. The zero-order valence-corrected chi connectivity index (χ0v) is 11.3. The molecule has 3 N–H and O–H groups in total. The molecule has 1 aromatic carbocycles. The molecule has 0 aliphatic rings. The lowest BCUT2D eigenvalue weighted by atomic mass is 9.98. The van der Waals surface area contributed by atoms with Crippen LogP contribution < -0.4 is 11.1 Å². The molecule has 1 aromatic rings. The maximum absolute atomic E-state index is 12.2. The van der Waals surface area contributed by atoms with Crippen LogP contribution in [-0.2, 0) is 14.3 Å². The molecule has 1 rings (SSSR count). The predicted molar refractivity (Wildman–Crippen MR) is 72.5 cm³/mol. The van der Waals surface area contributed by atoms with E-state index >= 15 is 0 Å². The number of carbonyl (C=O) groups excluding carboxylic acids is 2. The van der Waals surface area contributed by atoms with Gasteiger partial charge >= 0.3 is 5.97 Å². The number of carbonyl (C=O) groups is 2. The van der Waals surface area contributed by atoms with Crippen molar-refractivity contribution in [1.82, 2.24) is 5.32 Å². The molecule has 0 aromatic heterocycles. The van der Waals surface area contributed by atoms with Crippen LogP contribution in [0, 0.1) is 0 Å². The van der Waals surface area contributed by atoms with Gasteiger partial charge in [-0.25, -0.2) is 4.79 Å². The number of amides is 1. The van der Waals surface area contributed by atoms with E-state index < -0.39 is 17.9 Å². The molecular weight excluding hydrogens is 244 g/mol. The number of nitrogens with one attached hydrogen (secondary N) is 1. The molecule has 0 fully saturated rings. The summed E-state index contributed by atoms with van der Waals surface area (Å²) in [7, 11) is 1.30. The summed E-state index contributed by atoms with van der Waals surface area (Å²) in [4.78, 5) is 23.6. The van der Waals surface area contributed by atoms with E-state index in [0.29, 0.717) is 6.42 Å². The molecule has 0 saturated heterocycles. The van der Waals surface area contributed by atoms with Gasteiger partial charge in [-0.15, -0.1) is 0 Å². The summed E-state index contributed by atoms with van der Waals surface area (Å²) in [6.07, 6.45) is 0.477. The first-order valence-corrected chi connectivity index (χ1v) is 6.27. The van der Waals surface area contributed by atoms with Crippen molar-refractivity contribution < 1.29 is 14.3 Å². The molecule has 2 atom stereocenters. The Balaban J connectivity index is 2.77. The molecule has 104 valence electrons. The van der Waals surface area contributed by atoms with Crippen LogP contribution in [0.4, 0.5) is 0 Å². The van der Waals surface area contributed by atoms with Gasteiger partial charge in [0.05, 0.1) is 13.0 Å². The van der Waals surface area contributed by atoms with Crippen LogP contribution in [0.25, 0.3) is 0 Å². The summed E-state index contributed by atoms with van der Waals surface area (Å²) in [5, 5.41) is 2.67. The number of methoxy groups -OCH3 is 1. The first kappa shape index (κ1) is 15.2. The average molecular weight is 264 g/mol. The van der Waals surface area contributed by atoms with Gasteiger partial charge in [-0.05, 0) is 12.0 Å². The highest BCUT2D eigenvalue weighted by molar-refractivity contribution is 5.88. The maximum atomic E-state index is 12.2. The van der Waals surface area contributed by atoms with Crippen LogP contribution in [0.5, 0.6) is 0 Å². The van der Waals surface area contributed by atoms with Gasteiger partial charge in [-0.2, -0.15) is 0 Å². The number of ether oxygens (including phenoxy) is 1. The summed E-state index contributed by atoms with van der Waals surface area (Å²) >= 11 is 0. The summed E-state index contributed by atoms with van der Waals surface area (Å²) in [5.41, 5.74) is 6.49. The minimum Gasteiger partial charge on any atom is -0.467 e. The Kier molecular flexibility index (Phi) is 6.02. The standard InChI is InChI=1S/C14H20N2O3/c1-3-12(14(18)19-2)16-13(17)11(9-15)10-7-5-4-6-8-10/h4-8,11-12H,3,9,15H2,1-2H3,(H,16,17). The van der Waals surface area contributed by atoms with E-state index in [-0.39, 0.29) is 12.5 Å². The smallest absolute Gasteiger partial charge is 0.328 e. The van der Waals surface area contributed by atoms with Crippen LogP contribution >= 0.6 is 0 Å². The first-order chi connectivity index (χ1) is 9.13. The van der Waals surface area contributed by atoms with Crippen molar-refractivity contribution in [3.05, 3.63) is 35.9 Å². The van der Waals surface area contributed by atoms with Gasteiger partial charge in [-0.3, -0.25) is 4.79 Å². The van der Waals surface area contributed by atoms with E-state index in [1.165, 1.54) is 7.11 Å². The van der Waals surface area contributed by atoms with Crippen molar-refractivity contribution in [2.24, 2.45) is 5.73 Å². The third-order valence-electron chi connectivity index (χ3n) is 2.96. The molecule has 0 aliphatic heterocycles. The molecule has 0 spiro atoms. The van der Waals surface area contributed by atoms with Gasteiger partial charge in [-0.1, -0.05) is 37.3 Å². The molecule has 5 heteroatoms. The highest BCUT2D eigenvalue weighted by Gasteiger charge is 2.25. The molecule has 0 saturated carbocycles. The second-order valence-corrected chi connectivity index (χ2v) is 4.19. The molecule has 0 radical (unpaired) electrons. The van der Waals surface area contributed by atoms with Gasteiger partial charge in [0.15, 0.2) is 0 Å².